The number of nitrogens with one attached hydrogen (secondary N) is 2. The molecule has 0 aromatic heterocycles. The Balaban J connectivity index is 1.41. The Labute approximate surface area is 202 Å². The van der Waals surface area contributed by atoms with Gasteiger partial charge in [-0.1, -0.05) is 42.1 Å². The molecule has 2 aliphatic rings. The first-order valence-corrected chi connectivity index (χ1v) is 12.6. The van der Waals surface area contributed by atoms with E-state index >= 15 is 0 Å². The second kappa shape index (κ2) is 10.0. The molecule has 1 saturated heterocycles. The van der Waals surface area contributed by atoms with Crippen molar-refractivity contribution in [1.29, 1.82) is 0 Å². The van der Waals surface area contributed by atoms with Gasteiger partial charge in [0.1, 0.15) is 5.84 Å². The molecule has 1 amide bonds. The largest absolute Gasteiger partial charge is 0.354 e. The molecule has 3 aromatic rings. The molecule has 6 nitrogen and oxygen atoms in total. The number of fused-ring (bicyclic) bond motifs is 2. The fourth-order valence-electron chi connectivity index (χ4n) is 3.95. The van der Waals surface area contributed by atoms with Crippen LogP contribution in [0.5, 0.6) is 0 Å². The predicted octanol–water partition coefficient (Wildman–Crippen LogP) is 4.03. The lowest BCUT2D eigenvalue weighted by atomic mass is 10.1. The summed E-state index contributed by atoms with van der Waals surface area (Å²) in [6, 6.07) is 22.0. The summed E-state index contributed by atoms with van der Waals surface area (Å²) >= 11 is 2.92. The van der Waals surface area contributed by atoms with E-state index in [1.54, 1.807) is 11.8 Å². The first-order chi connectivity index (χ1) is 16.2. The molecule has 1 fully saturated rings. The second-order valence-electron chi connectivity index (χ2n) is 7.90. The van der Waals surface area contributed by atoms with E-state index < -0.39 is 0 Å². The fourth-order valence-corrected chi connectivity index (χ4v) is 5.24. The van der Waals surface area contributed by atoms with Gasteiger partial charge in [0.15, 0.2) is 0 Å². The molecule has 0 radical (unpaired) electrons. The maximum absolute atomic E-state index is 12.9. The average molecular weight is 476 g/mol. The number of piperazine rings is 1. The van der Waals surface area contributed by atoms with Crippen molar-refractivity contribution in [3.63, 3.8) is 0 Å². The van der Waals surface area contributed by atoms with Gasteiger partial charge >= 0.3 is 0 Å². The summed E-state index contributed by atoms with van der Waals surface area (Å²) in [5, 5.41) is 12.0. The van der Waals surface area contributed by atoms with Crippen LogP contribution in [0.2, 0.25) is 0 Å². The van der Waals surface area contributed by atoms with Crippen LogP contribution in [-0.4, -0.2) is 42.8 Å². The predicted molar refractivity (Wildman–Crippen MR) is 135 cm³/mol. The number of hydrogen-bond acceptors (Lipinski definition) is 7. The molecule has 168 valence electrons. The summed E-state index contributed by atoms with van der Waals surface area (Å²) in [7, 11) is 0. The van der Waals surface area contributed by atoms with Gasteiger partial charge in [0, 0.05) is 58.5 Å². The van der Waals surface area contributed by atoms with Crippen molar-refractivity contribution in [3.8, 4) is 0 Å². The highest BCUT2D eigenvalue weighted by Gasteiger charge is 2.23. The third kappa shape index (κ3) is 4.94. The Morgan fingerprint density at radius 2 is 1.85 bits per heavy atom. The highest BCUT2D eigenvalue weighted by atomic mass is 32.2. The maximum atomic E-state index is 12.9. The van der Waals surface area contributed by atoms with E-state index in [9.17, 15) is 4.79 Å². The quantitative estimate of drug-likeness (QED) is 0.494. The molecule has 4 N–H and O–H groups in total. The molecule has 0 saturated carbocycles. The van der Waals surface area contributed by atoms with Gasteiger partial charge in [0.05, 0.1) is 5.69 Å². The van der Waals surface area contributed by atoms with Crippen molar-refractivity contribution >= 4 is 41.1 Å². The average Bonchev–Trinajstić information content (AvgIpc) is 3.04. The zero-order chi connectivity index (χ0) is 22.6. The molecule has 0 unspecified atom stereocenters. The van der Waals surface area contributed by atoms with Crippen LogP contribution in [0.15, 0.2) is 86.4 Å². The first kappa shape index (κ1) is 22.0. The Morgan fingerprint density at radius 1 is 1.06 bits per heavy atom. The van der Waals surface area contributed by atoms with E-state index in [1.807, 2.05) is 42.5 Å². The van der Waals surface area contributed by atoms with E-state index in [0.717, 1.165) is 58.6 Å². The highest BCUT2D eigenvalue weighted by molar-refractivity contribution is 7.99. The highest BCUT2D eigenvalue weighted by Crippen LogP contribution is 2.41. The van der Waals surface area contributed by atoms with Crippen LogP contribution in [0.3, 0.4) is 0 Å². The normalized spacial score (nSPS) is 15.2. The van der Waals surface area contributed by atoms with Crippen LogP contribution in [0.1, 0.15) is 21.5 Å². The van der Waals surface area contributed by atoms with Gasteiger partial charge in [0.25, 0.3) is 5.91 Å². The second-order valence-corrected chi connectivity index (χ2v) is 9.69. The number of benzene rings is 3. The molecule has 33 heavy (non-hydrogen) atoms. The number of carbonyl (C=O) groups is 1. The van der Waals surface area contributed by atoms with Gasteiger partial charge in [0.2, 0.25) is 0 Å². The topological polar surface area (TPSA) is 82.7 Å². The molecule has 3 aromatic carbocycles. The summed E-state index contributed by atoms with van der Waals surface area (Å²) in [6.45, 7) is 4.16. The molecular weight excluding hydrogens is 450 g/mol. The number of amidine groups is 1. The molecule has 0 aliphatic carbocycles. The lowest BCUT2D eigenvalue weighted by molar-refractivity contribution is 0.0951. The fraction of sp³-hybridized carbons (Fsp3) is 0.200. The van der Waals surface area contributed by atoms with Crippen molar-refractivity contribution in [3.05, 3.63) is 83.4 Å². The monoisotopic (exact) mass is 475 g/mol. The van der Waals surface area contributed by atoms with Crippen molar-refractivity contribution in [1.82, 2.24) is 15.5 Å². The van der Waals surface area contributed by atoms with Crippen molar-refractivity contribution < 1.29 is 4.79 Å². The van der Waals surface area contributed by atoms with Crippen LogP contribution < -0.4 is 15.8 Å². The van der Waals surface area contributed by atoms with Crippen LogP contribution in [0, 0.1) is 0 Å². The van der Waals surface area contributed by atoms with Crippen molar-refractivity contribution in [2.75, 3.05) is 26.2 Å². The van der Waals surface area contributed by atoms with Gasteiger partial charge in [-0.25, -0.2) is 4.99 Å². The Hall–Kier alpha value is -2.78. The van der Waals surface area contributed by atoms with Crippen LogP contribution in [0.25, 0.3) is 0 Å². The molecule has 0 bridgehead atoms. The van der Waals surface area contributed by atoms with Crippen molar-refractivity contribution in [2.24, 2.45) is 10.1 Å². The summed E-state index contributed by atoms with van der Waals surface area (Å²) in [5.74, 6) is 0.870. The van der Waals surface area contributed by atoms with Gasteiger partial charge < -0.3 is 15.5 Å². The number of nitrogens with two attached hydrogens (primary N) is 1. The maximum Gasteiger partial charge on any atom is 0.251 e. The third-order valence-electron chi connectivity index (χ3n) is 5.72. The number of aliphatic imine (C=N–C) groups is 1. The Kier molecular flexibility index (Phi) is 6.68. The third-order valence-corrected chi connectivity index (χ3v) is 7.41. The number of rotatable bonds is 4. The number of hydrogen-bond donors (Lipinski definition) is 3. The van der Waals surface area contributed by atoms with Crippen LogP contribution >= 0.6 is 23.7 Å². The minimum absolute atomic E-state index is 0.110. The zero-order valence-electron chi connectivity index (χ0n) is 18.1. The summed E-state index contributed by atoms with van der Waals surface area (Å²) in [4.78, 5) is 23.6. The lowest BCUT2D eigenvalue weighted by Gasteiger charge is -2.30. The van der Waals surface area contributed by atoms with E-state index in [0.29, 0.717) is 12.1 Å². The molecule has 2 aliphatic heterocycles. The van der Waals surface area contributed by atoms with Crippen LogP contribution in [0.4, 0.5) is 5.69 Å². The summed E-state index contributed by atoms with van der Waals surface area (Å²) in [6.07, 6.45) is 0. The molecule has 2 heterocycles. The van der Waals surface area contributed by atoms with Gasteiger partial charge in [-0.2, -0.15) is 0 Å². The van der Waals surface area contributed by atoms with Crippen molar-refractivity contribution in [2.45, 2.75) is 21.2 Å². The van der Waals surface area contributed by atoms with Gasteiger partial charge in [-0.3, -0.25) is 9.93 Å². The molecule has 0 spiro atoms. The SMILES string of the molecule is NSc1ccc(CNC(=O)c2ccc3c(c2)N=C(N2CCNCC2)c2ccccc2S3)cc1. The van der Waals surface area contributed by atoms with Crippen LogP contribution in [-0.2, 0) is 6.54 Å². The van der Waals surface area contributed by atoms with E-state index in [1.165, 1.54) is 16.8 Å². The summed E-state index contributed by atoms with van der Waals surface area (Å²) < 4.78 is 0. The molecule has 0 atom stereocenters. The minimum atomic E-state index is -0.110. The number of carbonyl (C=O) groups excluding carboxylic acids is 1. The number of amides is 1. The molecule has 8 heteroatoms. The Morgan fingerprint density at radius 3 is 2.64 bits per heavy atom. The van der Waals surface area contributed by atoms with E-state index in [2.05, 4.69) is 39.8 Å². The van der Waals surface area contributed by atoms with Gasteiger partial charge in [-0.05, 0) is 53.9 Å². The zero-order valence-corrected chi connectivity index (χ0v) is 19.7. The summed E-state index contributed by atoms with van der Waals surface area (Å²) in [5.41, 5.74) is 3.62. The number of nitrogens with zero attached hydrogens (tertiary/aromatic N) is 2. The molecule has 5 rings (SSSR count). The smallest absolute Gasteiger partial charge is 0.251 e. The van der Waals surface area contributed by atoms with E-state index in [4.69, 9.17) is 10.1 Å². The standard InChI is InChI=1S/C25H25N5OS2/c26-33-19-8-5-17(6-9-19)16-28-25(31)18-7-10-23-21(15-18)29-24(30-13-11-27-12-14-30)20-3-1-2-4-22(20)32-23/h1-10,15,27H,11-14,16,26H2,(H,28,31). The molecular formula is C25H25N5OS2. The van der Waals surface area contributed by atoms with Gasteiger partial charge in [-0.15, -0.1) is 0 Å². The van der Waals surface area contributed by atoms with E-state index in [-0.39, 0.29) is 5.91 Å². The Bertz CT molecular complexity index is 1190. The minimum Gasteiger partial charge on any atom is -0.354 e. The lowest BCUT2D eigenvalue weighted by Crippen LogP contribution is -2.46. The first-order valence-electron chi connectivity index (χ1n) is 10.9.